The lowest BCUT2D eigenvalue weighted by atomic mass is 9.87. The Kier molecular flexibility index (Phi) is 3.37. The van der Waals surface area contributed by atoms with Crippen LogP contribution in [0, 0.1) is 0 Å². The van der Waals surface area contributed by atoms with Crippen LogP contribution in [0.4, 0.5) is 0 Å². The molecule has 0 N–H and O–H groups in total. The third kappa shape index (κ3) is 2.30. The number of ketones is 1. The quantitative estimate of drug-likeness (QED) is 0.773. The second kappa shape index (κ2) is 5.16. The monoisotopic (exact) mass is 252 g/mol. The van der Waals surface area contributed by atoms with Gasteiger partial charge in [0.2, 0.25) is 0 Å². The van der Waals surface area contributed by atoms with Gasteiger partial charge in [-0.05, 0) is 53.6 Å². The Morgan fingerprint density at radius 2 is 2.05 bits per heavy atom. The molecule has 0 aliphatic heterocycles. The summed E-state index contributed by atoms with van der Waals surface area (Å²) in [5.74, 6) is 0.321. The third-order valence-corrected chi connectivity index (χ3v) is 4.14. The number of unbranched alkanes of at least 4 members (excludes halogenated alkanes) is 1. The van der Waals surface area contributed by atoms with E-state index in [0.29, 0.717) is 12.2 Å². The molecule has 0 heterocycles. The van der Waals surface area contributed by atoms with Crippen LogP contribution >= 0.6 is 0 Å². The van der Waals surface area contributed by atoms with E-state index in [4.69, 9.17) is 0 Å². The summed E-state index contributed by atoms with van der Waals surface area (Å²) in [6.07, 6.45) is 6.37. The van der Waals surface area contributed by atoms with Gasteiger partial charge in [0.15, 0.2) is 5.78 Å². The lowest BCUT2D eigenvalue weighted by Crippen LogP contribution is -2.10. The van der Waals surface area contributed by atoms with E-state index in [9.17, 15) is 4.79 Å². The van der Waals surface area contributed by atoms with Crippen molar-refractivity contribution in [1.82, 2.24) is 0 Å². The van der Waals surface area contributed by atoms with E-state index < -0.39 is 0 Å². The third-order valence-electron chi connectivity index (χ3n) is 4.14. The zero-order valence-electron chi connectivity index (χ0n) is 11.5. The van der Waals surface area contributed by atoms with Crippen LogP contribution in [0.25, 0.3) is 10.8 Å². The number of fused-ring (bicyclic) bond motifs is 2. The van der Waals surface area contributed by atoms with E-state index in [0.717, 1.165) is 24.8 Å². The van der Waals surface area contributed by atoms with Gasteiger partial charge in [-0.25, -0.2) is 0 Å². The van der Waals surface area contributed by atoms with E-state index >= 15 is 0 Å². The highest BCUT2D eigenvalue weighted by Crippen LogP contribution is 2.29. The van der Waals surface area contributed by atoms with Gasteiger partial charge in [-0.2, -0.15) is 0 Å². The molecule has 1 heteroatoms. The Bertz CT molecular complexity index is 625. The van der Waals surface area contributed by atoms with Crippen LogP contribution in [0.1, 0.15) is 54.1 Å². The first-order valence-corrected chi connectivity index (χ1v) is 7.37. The topological polar surface area (TPSA) is 17.1 Å². The number of carbonyl (C=O) groups is 1. The number of carbonyl (C=O) groups excluding carboxylic acids is 1. The summed E-state index contributed by atoms with van der Waals surface area (Å²) in [6, 6.07) is 10.9. The van der Waals surface area contributed by atoms with Crippen molar-refractivity contribution in [2.24, 2.45) is 0 Å². The standard InChI is InChI=1S/C18H20O/c1-2-3-6-13-7-4-8-14-12-17-15(11-16(13)14)9-5-10-18(17)19/h4,7-8,11-12H,2-3,5-6,9-10H2,1H3. The summed E-state index contributed by atoms with van der Waals surface area (Å²) < 4.78 is 0. The van der Waals surface area contributed by atoms with Crippen molar-refractivity contribution in [1.29, 1.82) is 0 Å². The second-order valence-electron chi connectivity index (χ2n) is 5.53. The molecule has 0 fully saturated rings. The molecule has 0 aromatic heterocycles. The lowest BCUT2D eigenvalue weighted by Gasteiger charge is -2.17. The highest BCUT2D eigenvalue weighted by Gasteiger charge is 2.18. The summed E-state index contributed by atoms with van der Waals surface area (Å²) in [5, 5.41) is 2.58. The van der Waals surface area contributed by atoms with Crippen molar-refractivity contribution in [3.63, 3.8) is 0 Å². The minimum atomic E-state index is 0.321. The van der Waals surface area contributed by atoms with E-state index in [-0.39, 0.29) is 0 Å². The van der Waals surface area contributed by atoms with Gasteiger partial charge in [0.1, 0.15) is 0 Å². The number of rotatable bonds is 3. The summed E-state index contributed by atoms with van der Waals surface area (Å²) in [6.45, 7) is 2.23. The van der Waals surface area contributed by atoms with E-state index in [1.54, 1.807) is 0 Å². The fourth-order valence-electron chi connectivity index (χ4n) is 3.06. The van der Waals surface area contributed by atoms with Gasteiger partial charge in [-0.15, -0.1) is 0 Å². The molecule has 2 aromatic carbocycles. The Labute approximate surface area is 114 Å². The van der Waals surface area contributed by atoms with Crippen molar-refractivity contribution >= 4 is 16.6 Å². The number of Topliss-reactive ketones (excluding diaryl/α,β-unsaturated/α-hetero) is 1. The molecule has 1 aliphatic rings. The molecular weight excluding hydrogens is 232 g/mol. The maximum Gasteiger partial charge on any atom is 0.163 e. The van der Waals surface area contributed by atoms with Crippen molar-refractivity contribution in [3.05, 3.63) is 47.0 Å². The molecule has 0 atom stereocenters. The number of benzene rings is 2. The Balaban J connectivity index is 2.13. The first kappa shape index (κ1) is 12.4. The molecule has 0 saturated carbocycles. The summed E-state index contributed by atoms with van der Waals surface area (Å²) in [7, 11) is 0. The fraction of sp³-hybridized carbons (Fsp3) is 0.389. The lowest BCUT2D eigenvalue weighted by molar-refractivity contribution is 0.0972. The SMILES string of the molecule is CCCCc1cccc2cc3c(cc12)CCCC3=O. The van der Waals surface area contributed by atoms with Gasteiger partial charge in [0.25, 0.3) is 0 Å². The van der Waals surface area contributed by atoms with E-state index in [1.165, 1.54) is 34.7 Å². The number of hydrogen-bond donors (Lipinski definition) is 0. The maximum absolute atomic E-state index is 12.0. The first-order valence-electron chi connectivity index (χ1n) is 7.37. The summed E-state index contributed by atoms with van der Waals surface area (Å²) in [4.78, 5) is 12.0. The average Bonchev–Trinajstić information content (AvgIpc) is 2.44. The minimum absolute atomic E-state index is 0.321. The average molecular weight is 252 g/mol. The molecule has 98 valence electrons. The van der Waals surface area contributed by atoms with Crippen LogP contribution in [0.5, 0.6) is 0 Å². The maximum atomic E-state index is 12.0. The van der Waals surface area contributed by atoms with Gasteiger partial charge < -0.3 is 0 Å². The van der Waals surface area contributed by atoms with Gasteiger partial charge in [-0.3, -0.25) is 4.79 Å². The summed E-state index contributed by atoms with van der Waals surface area (Å²) in [5.41, 5.74) is 3.65. The molecule has 19 heavy (non-hydrogen) atoms. The molecule has 0 bridgehead atoms. The molecular formula is C18H20O. The molecule has 0 saturated heterocycles. The molecule has 1 aliphatic carbocycles. The second-order valence-corrected chi connectivity index (χ2v) is 5.53. The molecule has 0 radical (unpaired) electrons. The van der Waals surface area contributed by atoms with Crippen molar-refractivity contribution in [3.8, 4) is 0 Å². The van der Waals surface area contributed by atoms with Crippen molar-refractivity contribution < 1.29 is 4.79 Å². The Hall–Kier alpha value is -1.63. The Morgan fingerprint density at radius 3 is 2.89 bits per heavy atom. The van der Waals surface area contributed by atoms with Crippen LogP contribution in [0.3, 0.4) is 0 Å². The van der Waals surface area contributed by atoms with Crippen molar-refractivity contribution in [2.75, 3.05) is 0 Å². The molecule has 1 nitrogen and oxygen atoms in total. The zero-order chi connectivity index (χ0) is 13.2. The van der Waals surface area contributed by atoms with Crippen molar-refractivity contribution in [2.45, 2.75) is 45.4 Å². The highest BCUT2D eigenvalue weighted by atomic mass is 16.1. The van der Waals surface area contributed by atoms with Crippen LogP contribution in [0.15, 0.2) is 30.3 Å². The fourth-order valence-corrected chi connectivity index (χ4v) is 3.06. The molecule has 3 rings (SSSR count). The summed E-state index contributed by atoms with van der Waals surface area (Å²) >= 11 is 0. The van der Waals surface area contributed by atoms with Crippen LogP contribution in [0.2, 0.25) is 0 Å². The highest BCUT2D eigenvalue weighted by molar-refractivity contribution is 6.02. The smallest absolute Gasteiger partial charge is 0.163 e. The molecule has 0 amide bonds. The van der Waals surface area contributed by atoms with Gasteiger partial charge >= 0.3 is 0 Å². The van der Waals surface area contributed by atoms with Gasteiger partial charge in [0.05, 0.1) is 0 Å². The number of hydrogen-bond acceptors (Lipinski definition) is 1. The van der Waals surface area contributed by atoms with Crippen LogP contribution in [-0.2, 0) is 12.8 Å². The molecule has 0 spiro atoms. The number of aryl methyl sites for hydroxylation is 2. The van der Waals surface area contributed by atoms with Crippen LogP contribution < -0.4 is 0 Å². The molecule has 0 unspecified atom stereocenters. The van der Waals surface area contributed by atoms with Gasteiger partial charge in [0, 0.05) is 12.0 Å². The largest absolute Gasteiger partial charge is 0.294 e. The first-order chi connectivity index (χ1) is 9.29. The predicted molar refractivity (Wildman–Crippen MR) is 79.8 cm³/mol. The van der Waals surface area contributed by atoms with E-state index in [1.807, 2.05) is 0 Å². The zero-order valence-corrected chi connectivity index (χ0v) is 11.5. The van der Waals surface area contributed by atoms with Gasteiger partial charge in [-0.1, -0.05) is 37.6 Å². The predicted octanol–water partition coefficient (Wildman–Crippen LogP) is 4.70. The Morgan fingerprint density at radius 1 is 1.16 bits per heavy atom. The normalized spacial score (nSPS) is 14.7. The van der Waals surface area contributed by atoms with E-state index in [2.05, 4.69) is 37.3 Å². The molecule has 2 aromatic rings. The van der Waals surface area contributed by atoms with Crippen LogP contribution in [-0.4, -0.2) is 5.78 Å². The minimum Gasteiger partial charge on any atom is -0.294 e.